The Morgan fingerprint density at radius 2 is 1.86 bits per heavy atom. The lowest BCUT2D eigenvalue weighted by molar-refractivity contribution is 0.0175. The van der Waals surface area contributed by atoms with Crippen LogP contribution in [0.25, 0.3) is 16.9 Å². The summed E-state index contributed by atoms with van der Waals surface area (Å²) < 4.78 is 28.1. The van der Waals surface area contributed by atoms with Gasteiger partial charge in [-0.25, -0.2) is 18.7 Å². The number of carbonyl (C=O) groups excluding carboxylic acids is 1. The van der Waals surface area contributed by atoms with Crippen LogP contribution in [-0.2, 0) is 5.92 Å². The molecule has 2 aromatic heterocycles. The number of hydrogen-bond acceptors (Lipinski definition) is 3. The van der Waals surface area contributed by atoms with Crippen molar-refractivity contribution >= 4 is 11.9 Å². The summed E-state index contributed by atoms with van der Waals surface area (Å²) in [6.45, 7) is 0.859. The molecule has 1 aromatic carbocycles. The molecular weight excluding hydrogens is 276 g/mol. The number of carbonyl (C=O) groups is 1. The van der Waals surface area contributed by atoms with Crippen molar-refractivity contribution in [1.82, 2.24) is 14.4 Å². The van der Waals surface area contributed by atoms with E-state index in [-0.39, 0.29) is 11.3 Å². The predicted octanol–water partition coefficient (Wildman–Crippen LogP) is 3.32. The van der Waals surface area contributed by atoms with Gasteiger partial charge in [-0.2, -0.15) is 0 Å². The number of hydrogen-bond donors (Lipinski definition) is 0. The Morgan fingerprint density at radius 3 is 2.48 bits per heavy atom. The van der Waals surface area contributed by atoms with Gasteiger partial charge in [0.05, 0.1) is 18.1 Å². The number of fused-ring (bicyclic) bond motifs is 1. The first kappa shape index (κ1) is 13.4. The fourth-order valence-corrected chi connectivity index (χ4v) is 2.11. The van der Waals surface area contributed by atoms with Crippen molar-refractivity contribution in [2.75, 3.05) is 0 Å². The van der Waals surface area contributed by atoms with Crippen LogP contribution in [0.4, 0.5) is 8.78 Å². The van der Waals surface area contributed by atoms with Crippen LogP contribution in [0.5, 0.6) is 0 Å². The van der Waals surface area contributed by atoms with E-state index < -0.39 is 5.92 Å². The van der Waals surface area contributed by atoms with Crippen LogP contribution in [0.15, 0.2) is 42.9 Å². The summed E-state index contributed by atoms with van der Waals surface area (Å²) in [5, 5.41) is 0. The third-order valence-corrected chi connectivity index (χ3v) is 3.22. The SMILES string of the molecule is CC(F)(F)c1ccc(-c2cnc3cnc(C=O)cn23)cc1. The Hall–Kier alpha value is -2.63. The Balaban J connectivity index is 2.10. The summed E-state index contributed by atoms with van der Waals surface area (Å²) in [6.07, 6.45) is 5.31. The van der Waals surface area contributed by atoms with Crippen molar-refractivity contribution < 1.29 is 13.6 Å². The van der Waals surface area contributed by atoms with E-state index in [0.29, 0.717) is 17.6 Å². The maximum absolute atomic E-state index is 13.2. The summed E-state index contributed by atoms with van der Waals surface area (Å²) in [5.74, 6) is -2.87. The van der Waals surface area contributed by atoms with Gasteiger partial charge in [0.25, 0.3) is 5.92 Å². The number of halogens is 2. The second-order valence-electron chi connectivity index (χ2n) is 4.77. The Kier molecular flexibility index (Phi) is 3.01. The van der Waals surface area contributed by atoms with Crippen molar-refractivity contribution in [3.63, 3.8) is 0 Å². The minimum absolute atomic E-state index is 0.0460. The van der Waals surface area contributed by atoms with Crippen LogP contribution in [-0.4, -0.2) is 20.7 Å². The molecule has 106 valence electrons. The number of alkyl halides is 2. The van der Waals surface area contributed by atoms with Gasteiger partial charge in [0.15, 0.2) is 11.9 Å². The highest BCUT2D eigenvalue weighted by molar-refractivity contribution is 5.72. The third-order valence-electron chi connectivity index (χ3n) is 3.22. The Morgan fingerprint density at radius 1 is 1.14 bits per heavy atom. The molecule has 0 atom stereocenters. The number of benzene rings is 1. The second-order valence-corrected chi connectivity index (χ2v) is 4.77. The first-order chi connectivity index (χ1) is 9.99. The fourth-order valence-electron chi connectivity index (χ4n) is 2.11. The first-order valence-corrected chi connectivity index (χ1v) is 6.26. The van der Waals surface area contributed by atoms with Crippen LogP contribution in [0, 0.1) is 0 Å². The zero-order chi connectivity index (χ0) is 15.0. The first-order valence-electron chi connectivity index (χ1n) is 6.26. The molecule has 0 saturated heterocycles. The molecule has 3 aromatic rings. The van der Waals surface area contributed by atoms with Gasteiger partial charge in [0, 0.05) is 24.2 Å². The molecule has 6 heteroatoms. The van der Waals surface area contributed by atoms with Crippen LogP contribution in [0.1, 0.15) is 23.0 Å². The van der Waals surface area contributed by atoms with E-state index in [2.05, 4.69) is 9.97 Å². The molecule has 3 rings (SSSR count). The molecule has 0 saturated carbocycles. The van der Waals surface area contributed by atoms with E-state index in [4.69, 9.17) is 0 Å². The van der Waals surface area contributed by atoms with Gasteiger partial charge in [0.2, 0.25) is 0 Å². The van der Waals surface area contributed by atoms with E-state index in [0.717, 1.165) is 12.5 Å². The van der Waals surface area contributed by atoms with E-state index in [9.17, 15) is 13.6 Å². The molecular formula is C15H11F2N3O. The topological polar surface area (TPSA) is 47.3 Å². The fraction of sp³-hybridized carbons (Fsp3) is 0.133. The van der Waals surface area contributed by atoms with E-state index in [1.165, 1.54) is 18.3 Å². The van der Waals surface area contributed by atoms with E-state index in [1.54, 1.807) is 28.9 Å². The highest BCUT2D eigenvalue weighted by Crippen LogP contribution is 2.29. The molecule has 0 unspecified atom stereocenters. The minimum Gasteiger partial charge on any atom is -0.296 e. The van der Waals surface area contributed by atoms with E-state index in [1.807, 2.05) is 0 Å². The molecule has 0 fully saturated rings. The molecule has 0 bridgehead atoms. The average Bonchev–Trinajstić information content (AvgIpc) is 2.89. The van der Waals surface area contributed by atoms with Crippen molar-refractivity contribution in [1.29, 1.82) is 0 Å². The summed E-state index contributed by atoms with van der Waals surface area (Å²) in [6, 6.07) is 5.99. The standard InChI is InChI=1S/C15H11F2N3O/c1-15(16,17)11-4-2-10(3-5-11)13-6-19-14-7-18-12(9-21)8-20(13)14/h2-9H,1H3. The van der Waals surface area contributed by atoms with Gasteiger partial charge in [-0.15, -0.1) is 0 Å². The molecule has 4 nitrogen and oxygen atoms in total. The second kappa shape index (κ2) is 4.73. The summed E-state index contributed by atoms with van der Waals surface area (Å²) >= 11 is 0. The monoisotopic (exact) mass is 287 g/mol. The zero-order valence-corrected chi connectivity index (χ0v) is 11.1. The number of aldehydes is 1. The summed E-state index contributed by atoms with van der Waals surface area (Å²) in [7, 11) is 0. The molecule has 0 N–H and O–H groups in total. The van der Waals surface area contributed by atoms with Crippen LogP contribution >= 0.6 is 0 Å². The van der Waals surface area contributed by atoms with Crippen molar-refractivity contribution in [3.8, 4) is 11.3 Å². The summed E-state index contributed by atoms with van der Waals surface area (Å²) in [4.78, 5) is 18.9. The molecule has 21 heavy (non-hydrogen) atoms. The zero-order valence-electron chi connectivity index (χ0n) is 11.1. The lowest BCUT2D eigenvalue weighted by Gasteiger charge is -2.11. The smallest absolute Gasteiger partial charge is 0.270 e. The predicted molar refractivity (Wildman–Crippen MR) is 73.4 cm³/mol. The number of nitrogens with zero attached hydrogens (tertiary/aromatic N) is 3. The van der Waals surface area contributed by atoms with Gasteiger partial charge in [-0.1, -0.05) is 24.3 Å². The van der Waals surface area contributed by atoms with Gasteiger partial charge in [-0.05, 0) is 0 Å². The largest absolute Gasteiger partial charge is 0.296 e. The van der Waals surface area contributed by atoms with Crippen LogP contribution in [0.3, 0.4) is 0 Å². The number of imidazole rings is 1. The van der Waals surface area contributed by atoms with Gasteiger partial charge >= 0.3 is 0 Å². The molecule has 0 aliphatic heterocycles. The van der Waals surface area contributed by atoms with Crippen molar-refractivity contribution in [2.45, 2.75) is 12.8 Å². The normalized spacial score (nSPS) is 11.8. The minimum atomic E-state index is -2.87. The number of rotatable bonds is 3. The molecule has 0 amide bonds. The van der Waals surface area contributed by atoms with Crippen LogP contribution < -0.4 is 0 Å². The van der Waals surface area contributed by atoms with Crippen LogP contribution in [0.2, 0.25) is 0 Å². The maximum atomic E-state index is 13.2. The van der Waals surface area contributed by atoms with Gasteiger partial charge in [0.1, 0.15) is 5.69 Å². The molecule has 0 aliphatic rings. The van der Waals surface area contributed by atoms with Crippen molar-refractivity contribution in [2.24, 2.45) is 0 Å². The van der Waals surface area contributed by atoms with Gasteiger partial charge < -0.3 is 0 Å². The quantitative estimate of drug-likeness (QED) is 0.694. The molecule has 0 radical (unpaired) electrons. The van der Waals surface area contributed by atoms with Gasteiger partial charge in [-0.3, -0.25) is 9.20 Å². The lowest BCUT2D eigenvalue weighted by Crippen LogP contribution is -2.06. The van der Waals surface area contributed by atoms with E-state index >= 15 is 0 Å². The molecule has 0 spiro atoms. The third kappa shape index (κ3) is 2.40. The highest BCUT2D eigenvalue weighted by Gasteiger charge is 2.23. The molecule has 2 heterocycles. The Labute approximate surface area is 119 Å². The maximum Gasteiger partial charge on any atom is 0.270 e. The number of aromatic nitrogens is 3. The Bertz CT molecular complexity index is 804. The average molecular weight is 287 g/mol. The van der Waals surface area contributed by atoms with Crippen molar-refractivity contribution in [3.05, 3.63) is 54.1 Å². The highest BCUT2D eigenvalue weighted by atomic mass is 19.3. The molecule has 0 aliphatic carbocycles. The lowest BCUT2D eigenvalue weighted by atomic mass is 10.1. The summed E-state index contributed by atoms with van der Waals surface area (Å²) in [5.41, 5.74) is 2.26.